The van der Waals surface area contributed by atoms with E-state index in [1.54, 1.807) is 23.1 Å². The van der Waals surface area contributed by atoms with Crippen molar-refractivity contribution in [3.05, 3.63) is 66.2 Å². The van der Waals surface area contributed by atoms with E-state index < -0.39 is 11.0 Å². The van der Waals surface area contributed by atoms with Crippen LogP contribution in [-0.2, 0) is 17.6 Å². The average Bonchev–Trinajstić information content (AvgIpc) is 3.22. The van der Waals surface area contributed by atoms with Crippen LogP contribution in [0, 0.1) is 0 Å². The molecule has 0 amide bonds. The number of aromatic nitrogens is 5. The van der Waals surface area contributed by atoms with Crippen molar-refractivity contribution in [3.8, 4) is 17.2 Å². The SMILES string of the molecule is C[C@H](NS(=O)C(C)(C)C)c1ccnc(-c2ccc3cnn(-c4cccc(CO)n4)c3c2)n1. The molecule has 9 heteroatoms. The van der Waals surface area contributed by atoms with Crippen LogP contribution in [0.1, 0.15) is 45.1 Å². The molecule has 1 aromatic carbocycles. The van der Waals surface area contributed by atoms with E-state index >= 15 is 0 Å². The molecular formula is C23H26N6O2S. The van der Waals surface area contributed by atoms with Crippen molar-refractivity contribution in [3.63, 3.8) is 0 Å². The summed E-state index contributed by atoms with van der Waals surface area (Å²) in [6.07, 6.45) is 3.49. The van der Waals surface area contributed by atoms with Gasteiger partial charge in [0.25, 0.3) is 0 Å². The summed E-state index contributed by atoms with van der Waals surface area (Å²) in [6, 6.07) is 13.0. The molecule has 0 spiro atoms. The summed E-state index contributed by atoms with van der Waals surface area (Å²) < 4.78 is 17.0. The van der Waals surface area contributed by atoms with Gasteiger partial charge in [-0.05, 0) is 52.0 Å². The molecule has 0 aliphatic heterocycles. The van der Waals surface area contributed by atoms with Crippen LogP contribution >= 0.6 is 0 Å². The maximum atomic E-state index is 12.5. The minimum absolute atomic E-state index is 0.134. The maximum Gasteiger partial charge on any atom is 0.159 e. The van der Waals surface area contributed by atoms with Gasteiger partial charge >= 0.3 is 0 Å². The Morgan fingerprint density at radius 3 is 2.72 bits per heavy atom. The third-order valence-corrected chi connectivity index (χ3v) is 6.64. The highest BCUT2D eigenvalue weighted by Crippen LogP contribution is 2.25. The number of nitrogens with one attached hydrogen (secondary N) is 1. The van der Waals surface area contributed by atoms with Crippen molar-refractivity contribution in [2.24, 2.45) is 0 Å². The molecule has 0 saturated heterocycles. The van der Waals surface area contributed by atoms with Gasteiger partial charge in [-0.2, -0.15) is 5.10 Å². The van der Waals surface area contributed by atoms with Gasteiger partial charge in [0, 0.05) is 17.1 Å². The van der Waals surface area contributed by atoms with Gasteiger partial charge < -0.3 is 5.11 Å². The number of benzene rings is 1. The van der Waals surface area contributed by atoms with E-state index in [1.165, 1.54) is 0 Å². The lowest BCUT2D eigenvalue weighted by molar-refractivity contribution is 0.276. The van der Waals surface area contributed by atoms with Gasteiger partial charge in [0.05, 0.1) is 51.5 Å². The fraction of sp³-hybridized carbons (Fsp3) is 0.304. The molecule has 32 heavy (non-hydrogen) atoms. The van der Waals surface area contributed by atoms with Crippen molar-refractivity contribution < 1.29 is 9.32 Å². The molecule has 0 aliphatic rings. The van der Waals surface area contributed by atoms with Crippen LogP contribution in [0.2, 0.25) is 0 Å². The third-order valence-electron chi connectivity index (χ3n) is 4.96. The smallest absolute Gasteiger partial charge is 0.159 e. The van der Waals surface area contributed by atoms with Crippen LogP contribution in [0.5, 0.6) is 0 Å². The van der Waals surface area contributed by atoms with E-state index in [-0.39, 0.29) is 17.4 Å². The molecule has 0 radical (unpaired) electrons. The van der Waals surface area contributed by atoms with Crippen molar-refractivity contribution in [1.82, 2.24) is 29.5 Å². The first-order valence-electron chi connectivity index (χ1n) is 10.3. The molecule has 4 rings (SSSR count). The largest absolute Gasteiger partial charge is 0.390 e. The van der Waals surface area contributed by atoms with Gasteiger partial charge in [0.15, 0.2) is 11.6 Å². The summed E-state index contributed by atoms with van der Waals surface area (Å²) in [6.45, 7) is 7.59. The van der Waals surface area contributed by atoms with Crippen LogP contribution in [-0.4, -0.2) is 38.8 Å². The number of rotatable bonds is 6. The Hall–Kier alpha value is -3.01. The summed E-state index contributed by atoms with van der Waals surface area (Å²) in [5, 5.41) is 14.8. The summed E-state index contributed by atoms with van der Waals surface area (Å²) in [4.78, 5) is 13.6. The van der Waals surface area contributed by atoms with Crippen molar-refractivity contribution in [2.45, 2.75) is 45.1 Å². The molecule has 0 saturated carbocycles. The van der Waals surface area contributed by atoms with Crippen LogP contribution < -0.4 is 4.72 Å². The zero-order valence-electron chi connectivity index (χ0n) is 18.5. The Balaban J connectivity index is 1.68. The van der Waals surface area contributed by atoms with Crippen LogP contribution in [0.25, 0.3) is 28.1 Å². The van der Waals surface area contributed by atoms with Crippen molar-refractivity contribution in [1.29, 1.82) is 0 Å². The fourth-order valence-electron chi connectivity index (χ4n) is 3.16. The van der Waals surface area contributed by atoms with E-state index in [0.717, 1.165) is 22.2 Å². The number of nitrogens with zero attached hydrogens (tertiary/aromatic N) is 5. The number of hydrogen-bond acceptors (Lipinski definition) is 6. The first-order chi connectivity index (χ1) is 15.3. The average molecular weight is 451 g/mol. The summed E-state index contributed by atoms with van der Waals surface area (Å²) in [5.74, 6) is 1.20. The predicted molar refractivity (Wildman–Crippen MR) is 125 cm³/mol. The number of pyridine rings is 1. The molecule has 8 nitrogen and oxygen atoms in total. The molecule has 166 valence electrons. The zero-order valence-corrected chi connectivity index (χ0v) is 19.3. The van der Waals surface area contributed by atoms with E-state index in [1.807, 2.05) is 64.1 Å². The Kier molecular flexibility index (Phi) is 6.14. The van der Waals surface area contributed by atoms with E-state index in [9.17, 15) is 9.32 Å². The first-order valence-corrected chi connectivity index (χ1v) is 11.5. The van der Waals surface area contributed by atoms with Gasteiger partial charge in [0.1, 0.15) is 0 Å². The highest BCUT2D eigenvalue weighted by Gasteiger charge is 2.22. The van der Waals surface area contributed by atoms with Gasteiger partial charge in [-0.1, -0.05) is 18.2 Å². The fourth-order valence-corrected chi connectivity index (χ4v) is 3.96. The summed E-state index contributed by atoms with van der Waals surface area (Å²) >= 11 is 0. The summed E-state index contributed by atoms with van der Waals surface area (Å²) in [5.41, 5.74) is 3.04. The first kappa shape index (κ1) is 22.2. The highest BCUT2D eigenvalue weighted by molar-refractivity contribution is 7.84. The van der Waals surface area contributed by atoms with Crippen molar-refractivity contribution in [2.75, 3.05) is 0 Å². The standard InChI is InChI=1S/C23H26N6O2S/c1-15(28-32(31)23(2,3)4)19-10-11-24-22(27-19)16-8-9-17-13-25-29(20(17)12-16)21-7-5-6-18(14-30)26-21/h5-13,15,28,30H,14H2,1-4H3/t15-,32?/m0/s1. The maximum absolute atomic E-state index is 12.5. The van der Waals surface area contributed by atoms with Crippen LogP contribution in [0.4, 0.5) is 0 Å². The minimum Gasteiger partial charge on any atom is -0.390 e. The molecule has 1 unspecified atom stereocenters. The normalized spacial score (nSPS) is 13.9. The minimum atomic E-state index is -1.21. The number of aliphatic hydroxyl groups is 1. The molecular weight excluding hydrogens is 424 g/mol. The summed E-state index contributed by atoms with van der Waals surface area (Å²) in [7, 11) is -1.21. The Morgan fingerprint density at radius 2 is 1.97 bits per heavy atom. The molecule has 3 aromatic heterocycles. The Labute approximate surface area is 189 Å². The lowest BCUT2D eigenvalue weighted by atomic mass is 10.1. The zero-order chi connectivity index (χ0) is 22.9. The third kappa shape index (κ3) is 4.59. The van der Waals surface area contributed by atoms with E-state index in [2.05, 4.69) is 19.8 Å². The predicted octanol–water partition coefficient (Wildman–Crippen LogP) is 3.48. The van der Waals surface area contributed by atoms with E-state index in [4.69, 9.17) is 4.98 Å². The lowest BCUT2D eigenvalue weighted by Gasteiger charge is -2.21. The van der Waals surface area contributed by atoms with Crippen LogP contribution in [0.3, 0.4) is 0 Å². The second-order valence-electron chi connectivity index (χ2n) is 8.50. The number of aliphatic hydroxyl groups excluding tert-OH is 1. The molecule has 0 fully saturated rings. The quantitative estimate of drug-likeness (QED) is 0.466. The monoisotopic (exact) mass is 450 g/mol. The van der Waals surface area contributed by atoms with Gasteiger partial charge in [-0.25, -0.2) is 28.6 Å². The highest BCUT2D eigenvalue weighted by atomic mass is 32.2. The van der Waals surface area contributed by atoms with Gasteiger partial charge in [-0.15, -0.1) is 0 Å². The molecule has 4 aromatic rings. The van der Waals surface area contributed by atoms with E-state index in [0.29, 0.717) is 17.3 Å². The van der Waals surface area contributed by atoms with Gasteiger partial charge in [-0.3, -0.25) is 0 Å². The second kappa shape index (κ2) is 8.85. The van der Waals surface area contributed by atoms with Crippen LogP contribution in [0.15, 0.2) is 54.9 Å². The number of hydrogen-bond donors (Lipinski definition) is 2. The van der Waals surface area contributed by atoms with Crippen molar-refractivity contribution >= 4 is 21.9 Å². The molecule has 0 bridgehead atoms. The Morgan fingerprint density at radius 1 is 1.16 bits per heavy atom. The topological polar surface area (TPSA) is 106 Å². The van der Waals surface area contributed by atoms with Gasteiger partial charge in [0.2, 0.25) is 0 Å². The second-order valence-corrected chi connectivity index (χ2v) is 10.5. The lowest BCUT2D eigenvalue weighted by Crippen LogP contribution is -2.35. The number of fused-ring (bicyclic) bond motifs is 1. The Bertz CT molecular complexity index is 1280. The molecule has 3 heterocycles. The molecule has 2 atom stereocenters. The molecule has 0 aliphatic carbocycles. The molecule has 2 N–H and O–H groups in total.